The molecular weight excluding hydrogens is 290 g/mol. The molecule has 0 aliphatic carbocycles. The molecule has 23 heavy (non-hydrogen) atoms. The topological polar surface area (TPSA) is 62.3 Å². The first-order valence-electron chi connectivity index (χ1n) is 8.65. The van der Waals surface area contributed by atoms with Gasteiger partial charge in [0, 0.05) is 31.4 Å². The van der Waals surface area contributed by atoms with Crippen LogP contribution in [0.2, 0.25) is 0 Å². The summed E-state index contributed by atoms with van der Waals surface area (Å²) >= 11 is 0. The molecule has 0 unspecified atom stereocenters. The number of piperidine rings is 1. The largest absolute Gasteiger partial charge is 0.351 e. The second-order valence-electron chi connectivity index (χ2n) is 6.37. The lowest BCUT2D eigenvalue weighted by atomic mass is 9.98. The Morgan fingerprint density at radius 1 is 1.30 bits per heavy atom. The van der Waals surface area contributed by atoms with Crippen LogP contribution in [0.5, 0.6) is 0 Å². The summed E-state index contributed by atoms with van der Waals surface area (Å²) in [6, 6.07) is 3.30. The minimum atomic E-state index is -0.206. The summed E-state index contributed by atoms with van der Waals surface area (Å²) in [4.78, 5) is 30.6. The van der Waals surface area contributed by atoms with Gasteiger partial charge in [0.25, 0.3) is 11.8 Å². The fourth-order valence-electron chi connectivity index (χ4n) is 2.75. The van der Waals surface area contributed by atoms with Crippen molar-refractivity contribution in [3.8, 4) is 0 Å². The SMILES string of the molecule is CCCCCNC(=O)c1cc(C(=O)N2CCC(C)CC2)ccn1. The minimum absolute atomic E-state index is 0.000618. The summed E-state index contributed by atoms with van der Waals surface area (Å²) in [5.41, 5.74) is 0.867. The number of carbonyl (C=O) groups excluding carboxylic acids is 2. The summed E-state index contributed by atoms with van der Waals surface area (Å²) in [6.07, 6.45) is 6.81. The van der Waals surface area contributed by atoms with Crippen LogP contribution >= 0.6 is 0 Å². The third kappa shape index (κ3) is 5.05. The van der Waals surface area contributed by atoms with E-state index in [1.807, 2.05) is 4.90 Å². The van der Waals surface area contributed by atoms with Crippen LogP contribution in [0.25, 0.3) is 0 Å². The van der Waals surface area contributed by atoms with Gasteiger partial charge in [-0.3, -0.25) is 14.6 Å². The van der Waals surface area contributed by atoms with E-state index < -0.39 is 0 Å². The number of rotatable bonds is 6. The second kappa shape index (κ2) is 8.65. The Hall–Kier alpha value is -1.91. The van der Waals surface area contributed by atoms with Crippen LogP contribution in [-0.2, 0) is 0 Å². The predicted molar refractivity (Wildman–Crippen MR) is 90.4 cm³/mol. The molecule has 1 N–H and O–H groups in total. The van der Waals surface area contributed by atoms with E-state index in [0.717, 1.165) is 45.2 Å². The molecule has 2 amide bonds. The van der Waals surface area contributed by atoms with Crippen molar-refractivity contribution in [3.05, 3.63) is 29.6 Å². The van der Waals surface area contributed by atoms with Crippen molar-refractivity contribution in [1.29, 1.82) is 0 Å². The van der Waals surface area contributed by atoms with Gasteiger partial charge < -0.3 is 10.2 Å². The number of hydrogen-bond acceptors (Lipinski definition) is 3. The first-order valence-corrected chi connectivity index (χ1v) is 8.65. The highest BCUT2D eigenvalue weighted by molar-refractivity contribution is 5.98. The van der Waals surface area contributed by atoms with Crippen LogP contribution in [-0.4, -0.2) is 41.3 Å². The van der Waals surface area contributed by atoms with Gasteiger partial charge >= 0.3 is 0 Å². The van der Waals surface area contributed by atoms with Crippen molar-refractivity contribution in [1.82, 2.24) is 15.2 Å². The van der Waals surface area contributed by atoms with E-state index in [2.05, 4.69) is 24.1 Å². The zero-order valence-corrected chi connectivity index (χ0v) is 14.2. The van der Waals surface area contributed by atoms with E-state index in [1.54, 1.807) is 18.3 Å². The molecule has 5 nitrogen and oxygen atoms in total. The van der Waals surface area contributed by atoms with Crippen LogP contribution in [0, 0.1) is 5.92 Å². The third-order valence-electron chi connectivity index (χ3n) is 4.38. The predicted octanol–water partition coefficient (Wildman–Crippen LogP) is 2.87. The molecule has 0 saturated carbocycles. The van der Waals surface area contributed by atoms with Gasteiger partial charge in [0.05, 0.1) is 0 Å². The standard InChI is InChI=1S/C18H27N3O2/c1-3-4-5-9-20-17(22)16-13-15(6-10-19-16)18(23)21-11-7-14(2)8-12-21/h6,10,13-14H,3-5,7-9,11-12H2,1-2H3,(H,20,22). The summed E-state index contributed by atoms with van der Waals surface area (Å²) < 4.78 is 0. The van der Waals surface area contributed by atoms with Gasteiger partial charge in [-0.2, -0.15) is 0 Å². The number of likely N-dealkylation sites (tertiary alicyclic amines) is 1. The molecule has 0 radical (unpaired) electrons. The summed E-state index contributed by atoms with van der Waals surface area (Å²) in [7, 11) is 0. The van der Waals surface area contributed by atoms with Gasteiger partial charge in [0.15, 0.2) is 0 Å². The fourth-order valence-corrected chi connectivity index (χ4v) is 2.75. The van der Waals surface area contributed by atoms with E-state index in [1.165, 1.54) is 0 Å². The number of pyridine rings is 1. The van der Waals surface area contributed by atoms with Crippen LogP contribution in [0.15, 0.2) is 18.3 Å². The van der Waals surface area contributed by atoms with Crippen molar-refractivity contribution in [3.63, 3.8) is 0 Å². The van der Waals surface area contributed by atoms with Gasteiger partial charge in [-0.1, -0.05) is 26.7 Å². The van der Waals surface area contributed by atoms with Crippen molar-refractivity contribution in [2.24, 2.45) is 5.92 Å². The van der Waals surface area contributed by atoms with Crippen LogP contribution in [0.4, 0.5) is 0 Å². The number of nitrogens with one attached hydrogen (secondary N) is 1. The monoisotopic (exact) mass is 317 g/mol. The molecule has 0 atom stereocenters. The number of carbonyl (C=O) groups is 2. The smallest absolute Gasteiger partial charge is 0.269 e. The second-order valence-corrected chi connectivity index (χ2v) is 6.37. The highest BCUT2D eigenvalue weighted by Gasteiger charge is 2.22. The molecule has 2 rings (SSSR count). The Morgan fingerprint density at radius 3 is 2.74 bits per heavy atom. The lowest BCUT2D eigenvalue weighted by molar-refractivity contribution is 0.0697. The maximum Gasteiger partial charge on any atom is 0.269 e. The molecule has 126 valence electrons. The van der Waals surface area contributed by atoms with Crippen molar-refractivity contribution in [2.75, 3.05) is 19.6 Å². The Labute approximate surface area is 138 Å². The Balaban J connectivity index is 1.96. The van der Waals surface area contributed by atoms with E-state index in [0.29, 0.717) is 23.7 Å². The molecule has 2 heterocycles. The highest BCUT2D eigenvalue weighted by atomic mass is 16.2. The average molecular weight is 317 g/mol. The van der Waals surface area contributed by atoms with Crippen LogP contribution < -0.4 is 5.32 Å². The Kier molecular flexibility index (Phi) is 6.56. The average Bonchev–Trinajstić information content (AvgIpc) is 2.59. The molecule has 0 aromatic carbocycles. The van der Waals surface area contributed by atoms with Gasteiger partial charge in [-0.25, -0.2) is 0 Å². The molecule has 1 saturated heterocycles. The maximum absolute atomic E-state index is 12.5. The Morgan fingerprint density at radius 2 is 2.04 bits per heavy atom. The van der Waals surface area contributed by atoms with Crippen LogP contribution in [0.3, 0.4) is 0 Å². The quantitative estimate of drug-likeness (QED) is 0.821. The third-order valence-corrected chi connectivity index (χ3v) is 4.38. The van der Waals surface area contributed by atoms with Gasteiger partial charge in [-0.15, -0.1) is 0 Å². The molecule has 5 heteroatoms. The summed E-state index contributed by atoms with van der Waals surface area (Å²) in [5, 5.41) is 2.86. The van der Waals surface area contributed by atoms with Crippen molar-refractivity contribution < 1.29 is 9.59 Å². The minimum Gasteiger partial charge on any atom is -0.351 e. The van der Waals surface area contributed by atoms with E-state index in [4.69, 9.17) is 0 Å². The van der Waals surface area contributed by atoms with Gasteiger partial charge in [-0.05, 0) is 37.3 Å². The lowest BCUT2D eigenvalue weighted by Crippen LogP contribution is -2.38. The highest BCUT2D eigenvalue weighted by Crippen LogP contribution is 2.18. The molecule has 0 spiro atoms. The zero-order valence-electron chi connectivity index (χ0n) is 14.2. The first-order chi connectivity index (χ1) is 11.1. The summed E-state index contributed by atoms with van der Waals surface area (Å²) in [6.45, 7) is 6.58. The molecule has 1 fully saturated rings. The van der Waals surface area contributed by atoms with Gasteiger partial charge in [0.1, 0.15) is 5.69 Å². The molecule has 1 aromatic rings. The summed E-state index contributed by atoms with van der Waals surface area (Å²) in [5.74, 6) is 0.475. The van der Waals surface area contributed by atoms with E-state index in [-0.39, 0.29) is 11.8 Å². The van der Waals surface area contributed by atoms with Gasteiger partial charge in [0.2, 0.25) is 0 Å². The molecule has 0 bridgehead atoms. The molecule has 1 aliphatic rings. The van der Waals surface area contributed by atoms with Crippen molar-refractivity contribution in [2.45, 2.75) is 46.0 Å². The first kappa shape index (κ1) is 17.4. The number of nitrogens with zero attached hydrogens (tertiary/aromatic N) is 2. The fraction of sp³-hybridized carbons (Fsp3) is 0.611. The zero-order chi connectivity index (χ0) is 16.7. The van der Waals surface area contributed by atoms with E-state index in [9.17, 15) is 9.59 Å². The number of amides is 2. The lowest BCUT2D eigenvalue weighted by Gasteiger charge is -2.30. The number of unbranched alkanes of at least 4 members (excludes halogenated alkanes) is 2. The molecular formula is C18H27N3O2. The maximum atomic E-state index is 12.5. The van der Waals surface area contributed by atoms with E-state index >= 15 is 0 Å². The molecule has 1 aromatic heterocycles. The molecule has 1 aliphatic heterocycles. The normalized spacial score (nSPS) is 15.5. The Bertz CT molecular complexity index is 537. The number of hydrogen-bond donors (Lipinski definition) is 1. The van der Waals surface area contributed by atoms with Crippen molar-refractivity contribution >= 4 is 11.8 Å². The number of aromatic nitrogens is 1. The van der Waals surface area contributed by atoms with Crippen LogP contribution in [0.1, 0.15) is 66.8 Å².